The van der Waals surface area contributed by atoms with Crippen LogP contribution in [0.3, 0.4) is 0 Å². The number of carbonyl (C=O) groups excluding carboxylic acids is 2. The summed E-state index contributed by atoms with van der Waals surface area (Å²) in [5.74, 6) is 0.630. The largest absolute Gasteiger partial charge is 0.457 e. The van der Waals surface area contributed by atoms with Gasteiger partial charge in [0.25, 0.3) is 11.8 Å². The van der Waals surface area contributed by atoms with Crippen LogP contribution >= 0.6 is 0 Å². The number of nitrogens with one attached hydrogen (secondary N) is 1. The molecular formula is C35H25N3O3. The van der Waals surface area contributed by atoms with E-state index in [0.29, 0.717) is 39.5 Å². The standard InChI is InChI=1S/C35H25N3O3/c39-34(26-13-6-2-7-14-26)36-28-17-10-18-29(23-28)41-30-20-21-31-32(22-19-25-11-4-1-5-12-25)37-38(33(31)24-30)35(40)27-15-8-3-9-16-27/h1-24H,(H,36,39). The lowest BCUT2D eigenvalue weighted by Gasteiger charge is -2.10. The molecule has 0 aliphatic carbocycles. The molecule has 41 heavy (non-hydrogen) atoms. The summed E-state index contributed by atoms with van der Waals surface area (Å²) in [6.45, 7) is 0. The molecule has 0 saturated heterocycles. The second-order valence-corrected chi connectivity index (χ2v) is 9.34. The number of anilines is 1. The quantitative estimate of drug-likeness (QED) is 0.225. The zero-order valence-electron chi connectivity index (χ0n) is 22.0. The van der Waals surface area contributed by atoms with Crippen molar-refractivity contribution in [2.24, 2.45) is 0 Å². The van der Waals surface area contributed by atoms with Crippen molar-refractivity contribution in [1.29, 1.82) is 0 Å². The molecule has 1 N–H and O–H groups in total. The lowest BCUT2D eigenvalue weighted by molar-refractivity contribution is 0.0949. The first-order valence-corrected chi connectivity index (χ1v) is 13.1. The van der Waals surface area contributed by atoms with Crippen LogP contribution in [0.25, 0.3) is 23.1 Å². The fourth-order valence-corrected chi connectivity index (χ4v) is 4.47. The fraction of sp³-hybridized carbons (Fsp3) is 0. The molecule has 0 radical (unpaired) electrons. The SMILES string of the molecule is O=C(Nc1cccc(Oc2ccc3c(C=Cc4ccccc4)nn(C(=O)c4ccccc4)c3c2)c1)c1ccccc1. The molecule has 0 fully saturated rings. The number of amides is 1. The molecule has 6 rings (SSSR count). The Labute approximate surface area is 237 Å². The van der Waals surface area contributed by atoms with E-state index in [4.69, 9.17) is 4.74 Å². The Morgan fingerprint density at radius 3 is 2.05 bits per heavy atom. The molecule has 5 aromatic carbocycles. The maximum absolute atomic E-state index is 13.5. The van der Waals surface area contributed by atoms with Gasteiger partial charge in [0.05, 0.1) is 11.2 Å². The third kappa shape index (κ3) is 5.82. The van der Waals surface area contributed by atoms with E-state index < -0.39 is 0 Å². The predicted octanol–water partition coefficient (Wildman–Crippen LogP) is 7.94. The smallest absolute Gasteiger partial charge is 0.278 e. The molecule has 0 atom stereocenters. The monoisotopic (exact) mass is 535 g/mol. The molecule has 1 amide bonds. The predicted molar refractivity (Wildman–Crippen MR) is 162 cm³/mol. The van der Waals surface area contributed by atoms with E-state index in [0.717, 1.165) is 10.9 Å². The number of benzene rings is 5. The maximum atomic E-state index is 13.5. The van der Waals surface area contributed by atoms with Crippen molar-refractivity contribution in [3.63, 3.8) is 0 Å². The van der Waals surface area contributed by atoms with Gasteiger partial charge in [-0.1, -0.05) is 78.9 Å². The highest BCUT2D eigenvalue weighted by Crippen LogP contribution is 2.30. The Kier molecular flexibility index (Phi) is 7.19. The van der Waals surface area contributed by atoms with Crippen molar-refractivity contribution < 1.29 is 14.3 Å². The number of ether oxygens (including phenoxy) is 1. The lowest BCUT2D eigenvalue weighted by Crippen LogP contribution is -2.13. The zero-order chi connectivity index (χ0) is 28.0. The van der Waals surface area contributed by atoms with E-state index in [1.54, 1.807) is 42.5 Å². The third-order valence-corrected chi connectivity index (χ3v) is 6.49. The van der Waals surface area contributed by atoms with Crippen LogP contribution in [0.1, 0.15) is 32.0 Å². The van der Waals surface area contributed by atoms with Gasteiger partial charge < -0.3 is 10.1 Å². The summed E-state index contributed by atoms with van der Waals surface area (Å²) in [6.07, 6.45) is 3.88. The Hall–Kier alpha value is -5.75. The minimum Gasteiger partial charge on any atom is -0.457 e. The second kappa shape index (κ2) is 11.6. The Balaban J connectivity index is 1.32. The molecule has 1 aromatic heterocycles. The average Bonchev–Trinajstić information content (AvgIpc) is 3.39. The summed E-state index contributed by atoms with van der Waals surface area (Å²) in [5.41, 5.74) is 4.03. The van der Waals surface area contributed by atoms with Crippen molar-refractivity contribution >= 4 is 40.6 Å². The molecule has 1 heterocycles. The van der Waals surface area contributed by atoms with Crippen molar-refractivity contribution in [3.8, 4) is 11.5 Å². The molecule has 0 aliphatic heterocycles. The van der Waals surface area contributed by atoms with Gasteiger partial charge in [-0.25, -0.2) is 0 Å². The Morgan fingerprint density at radius 1 is 0.659 bits per heavy atom. The van der Waals surface area contributed by atoms with Crippen molar-refractivity contribution in [2.75, 3.05) is 5.32 Å². The molecule has 0 unspecified atom stereocenters. The normalized spacial score (nSPS) is 11.0. The molecule has 6 nitrogen and oxygen atoms in total. The summed E-state index contributed by atoms with van der Waals surface area (Å²) in [7, 11) is 0. The summed E-state index contributed by atoms with van der Waals surface area (Å²) in [6, 6.07) is 40.7. The molecular weight excluding hydrogens is 510 g/mol. The van der Waals surface area contributed by atoms with Crippen LogP contribution in [0.5, 0.6) is 11.5 Å². The topological polar surface area (TPSA) is 73.2 Å². The molecule has 6 aromatic rings. The van der Waals surface area contributed by atoms with E-state index in [9.17, 15) is 9.59 Å². The van der Waals surface area contributed by atoms with Crippen LogP contribution in [0.15, 0.2) is 133 Å². The van der Waals surface area contributed by atoms with Gasteiger partial charge in [0.1, 0.15) is 11.5 Å². The molecule has 0 bridgehead atoms. The number of carbonyl (C=O) groups is 2. The summed E-state index contributed by atoms with van der Waals surface area (Å²) in [4.78, 5) is 26.1. The molecule has 0 spiro atoms. The van der Waals surface area contributed by atoms with E-state index in [2.05, 4.69) is 10.4 Å². The van der Waals surface area contributed by atoms with E-state index >= 15 is 0 Å². The second-order valence-electron chi connectivity index (χ2n) is 9.34. The lowest BCUT2D eigenvalue weighted by atomic mass is 10.1. The number of rotatable bonds is 7. The Morgan fingerprint density at radius 2 is 1.32 bits per heavy atom. The number of aromatic nitrogens is 2. The molecule has 0 aliphatic rings. The van der Waals surface area contributed by atoms with Gasteiger partial charge in [0, 0.05) is 34.3 Å². The van der Waals surface area contributed by atoms with Crippen molar-refractivity contribution in [1.82, 2.24) is 9.78 Å². The van der Waals surface area contributed by atoms with Crippen molar-refractivity contribution in [2.45, 2.75) is 0 Å². The molecule has 6 heteroatoms. The zero-order valence-corrected chi connectivity index (χ0v) is 22.0. The number of hydrogen-bond acceptors (Lipinski definition) is 4. The minimum absolute atomic E-state index is 0.205. The fourth-order valence-electron chi connectivity index (χ4n) is 4.47. The molecule has 0 saturated carbocycles. The van der Waals surface area contributed by atoms with Gasteiger partial charge in [0.2, 0.25) is 0 Å². The highest BCUT2D eigenvalue weighted by molar-refractivity contribution is 6.04. The van der Waals surface area contributed by atoms with E-state index in [1.165, 1.54) is 4.68 Å². The summed E-state index contributed by atoms with van der Waals surface area (Å²) in [5, 5.41) is 8.40. The van der Waals surface area contributed by atoms with E-state index in [-0.39, 0.29) is 11.8 Å². The van der Waals surface area contributed by atoms with Gasteiger partial charge in [-0.05, 0) is 60.2 Å². The van der Waals surface area contributed by atoms with Gasteiger partial charge in [-0.2, -0.15) is 9.78 Å². The maximum Gasteiger partial charge on any atom is 0.278 e. The number of hydrogen-bond donors (Lipinski definition) is 1. The highest BCUT2D eigenvalue weighted by Gasteiger charge is 2.17. The van der Waals surface area contributed by atoms with Crippen LogP contribution in [0.2, 0.25) is 0 Å². The van der Waals surface area contributed by atoms with Crippen LogP contribution in [0, 0.1) is 0 Å². The van der Waals surface area contributed by atoms with Crippen LogP contribution in [-0.2, 0) is 0 Å². The first kappa shape index (κ1) is 25.5. The number of fused-ring (bicyclic) bond motifs is 1. The number of nitrogens with zero attached hydrogens (tertiary/aromatic N) is 2. The summed E-state index contributed by atoms with van der Waals surface area (Å²) >= 11 is 0. The van der Waals surface area contributed by atoms with Gasteiger partial charge in [-0.15, -0.1) is 0 Å². The van der Waals surface area contributed by atoms with Gasteiger partial charge in [0.15, 0.2) is 0 Å². The molecule has 198 valence electrons. The first-order chi connectivity index (χ1) is 20.1. The van der Waals surface area contributed by atoms with Crippen LogP contribution < -0.4 is 10.1 Å². The van der Waals surface area contributed by atoms with Crippen LogP contribution in [-0.4, -0.2) is 21.6 Å². The van der Waals surface area contributed by atoms with Gasteiger partial charge >= 0.3 is 0 Å². The first-order valence-electron chi connectivity index (χ1n) is 13.1. The Bertz CT molecular complexity index is 1860. The third-order valence-electron chi connectivity index (χ3n) is 6.49. The minimum atomic E-state index is -0.238. The summed E-state index contributed by atoms with van der Waals surface area (Å²) < 4.78 is 7.59. The van der Waals surface area contributed by atoms with Crippen molar-refractivity contribution in [3.05, 3.63) is 156 Å². The van der Waals surface area contributed by atoms with Gasteiger partial charge in [-0.3, -0.25) is 9.59 Å². The average molecular weight is 536 g/mol. The van der Waals surface area contributed by atoms with E-state index in [1.807, 2.05) is 103 Å². The van der Waals surface area contributed by atoms with Crippen LogP contribution in [0.4, 0.5) is 5.69 Å². The highest BCUT2D eigenvalue weighted by atomic mass is 16.5.